The molecule has 0 amide bonds. The molecule has 0 aliphatic rings. The van der Waals surface area contributed by atoms with Crippen molar-refractivity contribution >= 4 is 0 Å². The molecule has 0 aliphatic heterocycles. The average molecular weight is 206 g/mol. The zero-order valence-corrected chi connectivity index (χ0v) is 9.35. The molecule has 82 valence electrons. The van der Waals surface area contributed by atoms with Gasteiger partial charge in [0.25, 0.3) is 0 Å². The quantitative estimate of drug-likeness (QED) is 0.721. The third-order valence-corrected chi connectivity index (χ3v) is 2.60. The number of hydrogen-bond donors (Lipinski definition) is 1. The van der Waals surface area contributed by atoms with E-state index >= 15 is 0 Å². The molecule has 1 N–H and O–H groups in total. The van der Waals surface area contributed by atoms with Crippen LogP contribution in [0.15, 0.2) is 18.5 Å². The van der Waals surface area contributed by atoms with Crippen molar-refractivity contribution in [3.63, 3.8) is 0 Å². The van der Waals surface area contributed by atoms with Crippen molar-refractivity contribution in [3.8, 4) is 6.07 Å². The van der Waals surface area contributed by atoms with Gasteiger partial charge in [0.05, 0.1) is 12.1 Å². The highest BCUT2D eigenvalue weighted by Crippen LogP contribution is 2.08. The van der Waals surface area contributed by atoms with Gasteiger partial charge in [-0.05, 0) is 32.9 Å². The Kier molecular flexibility index (Phi) is 4.85. The van der Waals surface area contributed by atoms with Crippen molar-refractivity contribution in [3.05, 3.63) is 18.5 Å². The van der Waals surface area contributed by atoms with Crippen molar-refractivity contribution < 1.29 is 0 Å². The van der Waals surface area contributed by atoms with Gasteiger partial charge in [-0.3, -0.25) is 4.68 Å². The maximum absolute atomic E-state index is 8.40. The van der Waals surface area contributed by atoms with E-state index in [1.807, 2.05) is 16.9 Å². The summed E-state index contributed by atoms with van der Waals surface area (Å²) in [6, 6.07) is 4.77. The highest BCUT2D eigenvalue weighted by Gasteiger charge is 2.12. The van der Waals surface area contributed by atoms with E-state index in [1.54, 1.807) is 6.20 Å². The fourth-order valence-corrected chi connectivity index (χ4v) is 1.42. The Bertz CT molecular complexity index is 299. The van der Waals surface area contributed by atoms with Gasteiger partial charge in [0.15, 0.2) is 0 Å². The Balaban J connectivity index is 2.28. The molecular formula is C11H18N4. The summed E-state index contributed by atoms with van der Waals surface area (Å²) in [5.41, 5.74) is 0. The minimum Gasteiger partial charge on any atom is -0.312 e. The summed E-state index contributed by atoms with van der Waals surface area (Å²) < 4.78 is 1.95. The van der Waals surface area contributed by atoms with Gasteiger partial charge in [-0.2, -0.15) is 10.4 Å². The molecule has 4 heteroatoms. The first-order valence-electron chi connectivity index (χ1n) is 5.35. The zero-order valence-electron chi connectivity index (χ0n) is 9.35. The Hall–Kier alpha value is -1.34. The second kappa shape index (κ2) is 6.20. The van der Waals surface area contributed by atoms with Gasteiger partial charge in [0.1, 0.15) is 0 Å². The molecule has 0 saturated heterocycles. The molecule has 1 aromatic heterocycles. The van der Waals surface area contributed by atoms with Crippen LogP contribution in [0.3, 0.4) is 0 Å². The molecule has 1 aromatic rings. The molecule has 0 radical (unpaired) electrons. The van der Waals surface area contributed by atoms with Crippen LogP contribution in [0, 0.1) is 11.3 Å². The first-order chi connectivity index (χ1) is 7.25. The predicted molar refractivity (Wildman–Crippen MR) is 59.2 cm³/mol. The maximum Gasteiger partial charge on any atom is 0.0641 e. The van der Waals surface area contributed by atoms with E-state index in [0.29, 0.717) is 18.5 Å². The molecular weight excluding hydrogens is 188 g/mol. The summed E-state index contributed by atoms with van der Waals surface area (Å²) in [5, 5.41) is 16.0. The fourth-order valence-electron chi connectivity index (χ4n) is 1.42. The number of nitriles is 1. The summed E-state index contributed by atoms with van der Waals surface area (Å²) >= 11 is 0. The standard InChI is InChI=1S/C11H18N4/c1-10(13-7-4-3-6-12)11(2)15-9-5-8-14-15/h5,8-11,13H,3-4,7H2,1-2H3/t10-,11+/m0/s1. The number of hydrogen-bond acceptors (Lipinski definition) is 3. The minimum absolute atomic E-state index is 0.335. The van der Waals surface area contributed by atoms with Crippen LogP contribution in [0.25, 0.3) is 0 Å². The molecule has 1 heterocycles. The molecule has 0 aliphatic carbocycles. The lowest BCUT2D eigenvalue weighted by Gasteiger charge is -2.21. The van der Waals surface area contributed by atoms with E-state index in [2.05, 4.69) is 30.3 Å². The van der Waals surface area contributed by atoms with E-state index < -0.39 is 0 Å². The number of nitrogens with one attached hydrogen (secondary N) is 1. The Morgan fingerprint density at radius 2 is 2.33 bits per heavy atom. The summed E-state index contributed by atoms with van der Waals surface area (Å²) in [6.07, 6.45) is 5.29. The zero-order chi connectivity index (χ0) is 11.1. The lowest BCUT2D eigenvalue weighted by molar-refractivity contribution is 0.365. The lowest BCUT2D eigenvalue weighted by Crippen LogP contribution is -2.34. The second-order valence-electron chi connectivity index (χ2n) is 3.73. The van der Waals surface area contributed by atoms with Crippen LogP contribution in [0.5, 0.6) is 0 Å². The van der Waals surface area contributed by atoms with Crippen LogP contribution in [0.1, 0.15) is 32.7 Å². The highest BCUT2D eigenvalue weighted by atomic mass is 15.3. The third kappa shape index (κ3) is 3.72. The summed E-state index contributed by atoms with van der Waals surface area (Å²) in [7, 11) is 0. The van der Waals surface area contributed by atoms with Gasteiger partial charge in [-0.1, -0.05) is 0 Å². The molecule has 1 rings (SSSR count). The van der Waals surface area contributed by atoms with Crippen LogP contribution < -0.4 is 5.32 Å². The molecule has 4 nitrogen and oxygen atoms in total. The summed E-state index contributed by atoms with van der Waals surface area (Å²) in [5.74, 6) is 0. The normalized spacial score (nSPS) is 14.5. The minimum atomic E-state index is 0.335. The van der Waals surface area contributed by atoms with E-state index in [0.717, 1.165) is 13.0 Å². The Morgan fingerprint density at radius 1 is 1.53 bits per heavy atom. The van der Waals surface area contributed by atoms with Gasteiger partial charge >= 0.3 is 0 Å². The van der Waals surface area contributed by atoms with Crippen LogP contribution in [0.4, 0.5) is 0 Å². The molecule has 0 fully saturated rings. The van der Waals surface area contributed by atoms with Crippen LogP contribution in [0.2, 0.25) is 0 Å². The average Bonchev–Trinajstić information content (AvgIpc) is 2.76. The molecule has 0 spiro atoms. The molecule has 0 bridgehead atoms. The van der Waals surface area contributed by atoms with Crippen molar-refractivity contribution in [1.82, 2.24) is 15.1 Å². The predicted octanol–water partition coefficient (Wildman–Crippen LogP) is 1.73. The number of nitrogens with zero attached hydrogens (tertiary/aromatic N) is 3. The first-order valence-corrected chi connectivity index (χ1v) is 5.35. The Morgan fingerprint density at radius 3 is 2.93 bits per heavy atom. The van der Waals surface area contributed by atoms with Gasteiger partial charge in [-0.25, -0.2) is 0 Å². The molecule has 15 heavy (non-hydrogen) atoms. The van der Waals surface area contributed by atoms with Crippen molar-refractivity contribution in [2.75, 3.05) is 6.54 Å². The van der Waals surface area contributed by atoms with Gasteiger partial charge in [-0.15, -0.1) is 0 Å². The van der Waals surface area contributed by atoms with E-state index in [1.165, 1.54) is 0 Å². The molecule has 0 aromatic carbocycles. The highest BCUT2D eigenvalue weighted by molar-refractivity contribution is 4.83. The van der Waals surface area contributed by atoms with Crippen molar-refractivity contribution in [2.45, 2.75) is 38.8 Å². The molecule has 0 unspecified atom stereocenters. The smallest absolute Gasteiger partial charge is 0.0641 e. The van der Waals surface area contributed by atoms with Crippen LogP contribution in [-0.4, -0.2) is 22.4 Å². The van der Waals surface area contributed by atoms with Crippen molar-refractivity contribution in [1.29, 1.82) is 5.26 Å². The largest absolute Gasteiger partial charge is 0.312 e. The van der Waals surface area contributed by atoms with E-state index in [4.69, 9.17) is 5.26 Å². The number of rotatable bonds is 6. The number of aromatic nitrogens is 2. The third-order valence-electron chi connectivity index (χ3n) is 2.60. The van der Waals surface area contributed by atoms with Gasteiger partial charge < -0.3 is 5.32 Å². The fraction of sp³-hybridized carbons (Fsp3) is 0.636. The van der Waals surface area contributed by atoms with E-state index in [9.17, 15) is 0 Å². The monoisotopic (exact) mass is 206 g/mol. The van der Waals surface area contributed by atoms with Crippen LogP contribution >= 0.6 is 0 Å². The number of unbranched alkanes of at least 4 members (excludes halogenated alkanes) is 1. The van der Waals surface area contributed by atoms with Gasteiger partial charge in [0, 0.05) is 24.9 Å². The summed E-state index contributed by atoms with van der Waals surface area (Å²) in [4.78, 5) is 0. The van der Waals surface area contributed by atoms with Gasteiger partial charge in [0.2, 0.25) is 0 Å². The van der Waals surface area contributed by atoms with Crippen molar-refractivity contribution in [2.24, 2.45) is 0 Å². The SMILES string of the molecule is C[C@H](NCCCC#N)[C@@H](C)n1cccn1. The lowest BCUT2D eigenvalue weighted by atomic mass is 10.1. The maximum atomic E-state index is 8.40. The van der Waals surface area contributed by atoms with E-state index in [-0.39, 0.29) is 0 Å². The molecule has 2 atom stereocenters. The topological polar surface area (TPSA) is 53.6 Å². The second-order valence-corrected chi connectivity index (χ2v) is 3.73. The first kappa shape index (κ1) is 11.7. The summed E-state index contributed by atoms with van der Waals surface area (Å²) in [6.45, 7) is 5.16. The van der Waals surface area contributed by atoms with Crippen LogP contribution in [-0.2, 0) is 0 Å². The Labute approximate surface area is 90.9 Å². The molecule has 0 saturated carbocycles.